The molecule has 0 radical (unpaired) electrons. The van der Waals surface area contributed by atoms with Crippen LogP contribution in [0, 0.1) is 0 Å². The van der Waals surface area contributed by atoms with Gasteiger partial charge in [-0.1, -0.05) is 19.1 Å². The first-order chi connectivity index (χ1) is 8.35. The molecule has 0 bridgehead atoms. The van der Waals surface area contributed by atoms with Crippen molar-refractivity contribution in [1.82, 2.24) is 0 Å². The number of hydrogen-bond acceptors (Lipinski definition) is 4. The summed E-state index contributed by atoms with van der Waals surface area (Å²) >= 11 is 0. The van der Waals surface area contributed by atoms with Crippen molar-refractivity contribution in [1.29, 1.82) is 0 Å². The van der Waals surface area contributed by atoms with Gasteiger partial charge in [0.05, 0.1) is 17.1 Å². The normalized spacial score (nSPS) is 13.1. The van der Waals surface area contributed by atoms with Gasteiger partial charge in [-0.15, -0.1) is 0 Å². The van der Waals surface area contributed by atoms with Gasteiger partial charge in [-0.25, -0.2) is 8.42 Å². The minimum absolute atomic E-state index is 0.101. The molecule has 0 saturated heterocycles. The molecule has 0 amide bonds. The second-order valence-electron chi connectivity index (χ2n) is 4.66. The topological polar surface area (TPSA) is 49.4 Å². The van der Waals surface area contributed by atoms with E-state index >= 15 is 0 Å². The van der Waals surface area contributed by atoms with Crippen LogP contribution in [0.25, 0.3) is 0 Å². The number of benzene rings is 1. The van der Waals surface area contributed by atoms with Gasteiger partial charge >= 0.3 is 0 Å². The molecule has 1 rings (SSSR count). The highest BCUT2D eigenvalue weighted by Crippen LogP contribution is 2.24. The van der Waals surface area contributed by atoms with Crippen molar-refractivity contribution in [3.05, 3.63) is 24.3 Å². The fraction of sp³-hybridized carbons (Fsp3) is 0.538. The maximum absolute atomic E-state index is 11.6. The molecule has 1 aromatic rings. The summed E-state index contributed by atoms with van der Waals surface area (Å²) in [6.45, 7) is 3.56. The van der Waals surface area contributed by atoms with E-state index in [4.69, 9.17) is 0 Å². The third-order valence-corrected chi connectivity index (χ3v) is 4.62. The first-order valence-corrected chi connectivity index (χ1v) is 7.91. The molecule has 0 aromatic heterocycles. The van der Waals surface area contributed by atoms with Crippen LogP contribution in [0.15, 0.2) is 24.3 Å². The fourth-order valence-corrected chi connectivity index (χ4v) is 2.87. The maximum atomic E-state index is 11.6. The Bertz CT molecular complexity index is 484. The lowest BCUT2D eigenvalue weighted by atomic mass is 10.2. The molecular weight excluding hydrogens is 248 g/mol. The number of nitrogens with one attached hydrogen (secondary N) is 1. The summed E-state index contributed by atoms with van der Waals surface area (Å²) in [5.41, 5.74) is 2.01. The number of para-hydroxylation sites is 2. The third-order valence-electron chi connectivity index (χ3n) is 2.73. The van der Waals surface area contributed by atoms with Crippen LogP contribution in [-0.4, -0.2) is 40.1 Å². The standard InChI is InChI=1S/C13H22N2O2S/c1-5-18(16,17)10-11(2)14-12-8-6-7-9-13(12)15(3)4/h6-9,11,14H,5,10H2,1-4H3. The summed E-state index contributed by atoms with van der Waals surface area (Å²) in [4.78, 5) is 2.00. The van der Waals surface area contributed by atoms with E-state index in [0.29, 0.717) is 0 Å². The van der Waals surface area contributed by atoms with Crippen LogP contribution in [0.5, 0.6) is 0 Å². The molecule has 0 aliphatic rings. The molecule has 4 nitrogen and oxygen atoms in total. The zero-order chi connectivity index (χ0) is 13.8. The Labute approximate surface area is 110 Å². The lowest BCUT2D eigenvalue weighted by molar-refractivity contribution is 0.593. The Morgan fingerprint density at radius 1 is 1.28 bits per heavy atom. The van der Waals surface area contributed by atoms with Crippen molar-refractivity contribution < 1.29 is 8.42 Å². The van der Waals surface area contributed by atoms with E-state index in [-0.39, 0.29) is 17.5 Å². The van der Waals surface area contributed by atoms with Crippen LogP contribution in [-0.2, 0) is 9.84 Å². The highest BCUT2D eigenvalue weighted by molar-refractivity contribution is 7.91. The van der Waals surface area contributed by atoms with Gasteiger partial charge < -0.3 is 10.2 Å². The largest absolute Gasteiger partial charge is 0.380 e. The van der Waals surface area contributed by atoms with Crippen molar-refractivity contribution in [2.24, 2.45) is 0 Å². The average molecular weight is 270 g/mol. The Morgan fingerprint density at radius 2 is 1.89 bits per heavy atom. The third kappa shape index (κ3) is 4.22. The SMILES string of the molecule is CCS(=O)(=O)CC(C)Nc1ccccc1N(C)C. The summed E-state index contributed by atoms with van der Waals surface area (Å²) in [7, 11) is 0.984. The lowest BCUT2D eigenvalue weighted by Gasteiger charge is -2.21. The first-order valence-electron chi connectivity index (χ1n) is 6.09. The zero-order valence-electron chi connectivity index (χ0n) is 11.5. The summed E-state index contributed by atoms with van der Waals surface area (Å²) in [6.07, 6.45) is 0. The molecule has 0 heterocycles. The molecule has 1 aromatic carbocycles. The highest BCUT2D eigenvalue weighted by Gasteiger charge is 2.14. The summed E-state index contributed by atoms with van der Waals surface area (Å²) < 4.78 is 23.1. The number of sulfone groups is 1. The van der Waals surface area contributed by atoms with Gasteiger partial charge in [-0.05, 0) is 19.1 Å². The van der Waals surface area contributed by atoms with E-state index in [1.54, 1.807) is 6.92 Å². The van der Waals surface area contributed by atoms with Crippen LogP contribution in [0.4, 0.5) is 11.4 Å². The molecule has 0 aliphatic heterocycles. The molecule has 18 heavy (non-hydrogen) atoms. The molecule has 0 fully saturated rings. The monoisotopic (exact) mass is 270 g/mol. The second kappa shape index (κ2) is 6.09. The molecule has 1 atom stereocenters. The predicted octanol–water partition coefficient (Wildman–Crippen LogP) is 1.99. The van der Waals surface area contributed by atoms with Crippen molar-refractivity contribution in [3.8, 4) is 0 Å². The van der Waals surface area contributed by atoms with Crippen LogP contribution >= 0.6 is 0 Å². The van der Waals surface area contributed by atoms with Crippen molar-refractivity contribution >= 4 is 21.2 Å². The van der Waals surface area contributed by atoms with E-state index in [0.717, 1.165) is 11.4 Å². The molecule has 1 N–H and O–H groups in total. The Balaban J connectivity index is 2.79. The number of anilines is 2. The van der Waals surface area contributed by atoms with E-state index < -0.39 is 9.84 Å². The van der Waals surface area contributed by atoms with E-state index in [1.165, 1.54) is 0 Å². The fourth-order valence-electron chi connectivity index (χ4n) is 1.79. The van der Waals surface area contributed by atoms with Crippen molar-refractivity contribution in [3.63, 3.8) is 0 Å². The van der Waals surface area contributed by atoms with E-state index in [2.05, 4.69) is 5.32 Å². The molecule has 0 aliphatic carbocycles. The smallest absolute Gasteiger partial charge is 0.152 e. The average Bonchev–Trinajstić information content (AvgIpc) is 2.28. The van der Waals surface area contributed by atoms with Gasteiger partial charge in [0.2, 0.25) is 0 Å². The van der Waals surface area contributed by atoms with Gasteiger partial charge in [0.25, 0.3) is 0 Å². The van der Waals surface area contributed by atoms with Crippen LogP contribution < -0.4 is 10.2 Å². The quantitative estimate of drug-likeness (QED) is 0.859. The van der Waals surface area contributed by atoms with Crippen molar-refractivity contribution in [2.75, 3.05) is 35.8 Å². The molecule has 1 unspecified atom stereocenters. The van der Waals surface area contributed by atoms with E-state index in [9.17, 15) is 8.42 Å². The van der Waals surface area contributed by atoms with Gasteiger partial charge in [0.15, 0.2) is 9.84 Å². The van der Waals surface area contributed by atoms with Gasteiger partial charge in [-0.3, -0.25) is 0 Å². The molecule has 5 heteroatoms. The van der Waals surface area contributed by atoms with Crippen LogP contribution in [0.1, 0.15) is 13.8 Å². The predicted molar refractivity (Wildman–Crippen MR) is 78.2 cm³/mol. The number of nitrogens with zero attached hydrogens (tertiary/aromatic N) is 1. The summed E-state index contributed by atoms with van der Waals surface area (Å²) in [5.74, 6) is 0.347. The molecule has 0 saturated carbocycles. The van der Waals surface area contributed by atoms with Gasteiger partial charge in [0.1, 0.15) is 0 Å². The maximum Gasteiger partial charge on any atom is 0.152 e. The highest BCUT2D eigenvalue weighted by atomic mass is 32.2. The molecule has 0 spiro atoms. The minimum Gasteiger partial charge on any atom is -0.380 e. The Kier molecular flexibility index (Phi) is 5.02. The van der Waals surface area contributed by atoms with E-state index in [1.807, 2.05) is 50.2 Å². The Hall–Kier alpha value is -1.23. The van der Waals surface area contributed by atoms with Crippen molar-refractivity contribution in [2.45, 2.75) is 19.9 Å². The lowest BCUT2D eigenvalue weighted by Crippen LogP contribution is -2.27. The number of hydrogen-bond donors (Lipinski definition) is 1. The van der Waals surface area contributed by atoms with Gasteiger partial charge in [-0.2, -0.15) is 0 Å². The molecular formula is C13H22N2O2S. The molecule has 102 valence electrons. The first kappa shape index (κ1) is 14.8. The second-order valence-corrected chi connectivity index (χ2v) is 7.05. The van der Waals surface area contributed by atoms with Crippen LogP contribution in [0.3, 0.4) is 0 Å². The number of rotatable bonds is 6. The zero-order valence-corrected chi connectivity index (χ0v) is 12.3. The van der Waals surface area contributed by atoms with Gasteiger partial charge in [0, 0.05) is 25.9 Å². The summed E-state index contributed by atoms with van der Waals surface area (Å²) in [6, 6.07) is 7.77. The minimum atomic E-state index is -2.95. The Morgan fingerprint density at radius 3 is 2.44 bits per heavy atom. The van der Waals surface area contributed by atoms with Crippen LogP contribution in [0.2, 0.25) is 0 Å². The summed E-state index contributed by atoms with van der Waals surface area (Å²) in [5, 5.41) is 3.26.